The van der Waals surface area contributed by atoms with Crippen LogP contribution in [0.25, 0.3) is 0 Å². The van der Waals surface area contributed by atoms with Crippen molar-refractivity contribution in [1.29, 1.82) is 0 Å². The molecule has 0 radical (unpaired) electrons. The Hall–Kier alpha value is -2.00. The van der Waals surface area contributed by atoms with Crippen molar-refractivity contribution in [3.05, 3.63) is 58.7 Å². The van der Waals surface area contributed by atoms with E-state index in [2.05, 4.69) is 13.8 Å². The van der Waals surface area contributed by atoms with Gasteiger partial charge in [0.25, 0.3) is 0 Å². The van der Waals surface area contributed by atoms with Gasteiger partial charge in [0.2, 0.25) is 0 Å². The highest BCUT2D eigenvalue weighted by atomic mass is 16.3. The van der Waals surface area contributed by atoms with Gasteiger partial charge in [0.05, 0.1) is 12.0 Å². The number of allylic oxidation sites excluding steroid dienone is 9. The topological polar surface area (TPSA) is 54.4 Å². The molecular formula is C21H28O3. The number of rotatable bonds is 6. The minimum atomic E-state index is -0.609. The van der Waals surface area contributed by atoms with Crippen LogP contribution in [0.15, 0.2) is 58.7 Å². The molecule has 3 heteroatoms. The predicted molar refractivity (Wildman–Crippen MR) is 98.5 cm³/mol. The summed E-state index contributed by atoms with van der Waals surface area (Å²) in [6.45, 7) is 9.97. The first-order chi connectivity index (χ1) is 11.2. The van der Waals surface area contributed by atoms with Gasteiger partial charge in [-0.25, -0.2) is 0 Å². The summed E-state index contributed by atoms with van der Waals surface area (Å²) in [5, 5.41) is 10.1. The monoisotopic (exact) mass is 328 g/mol. The molecule has 0 spiro atoms. The van der Waals surface area contributed by atoms with Crippen LogP contribution in [0.3, 0.4) is 0 Å². The van der Waals surface area contributed by atoms with E-state index >= 15 is 0 Å². The Balaban J connectivity index is 3.01. The molecule has 0 aromatic rings. The van der Waals surface area contributed by atoms with Crippen LogP contribution in [0.5, 0.6) is 0 Å². The number of aldehydes is 2. The molecule has 1 N–H and O–H groups in total. The maximum absolute atomic E-state index is 11.3. The highest BCUT2D eigenvalue weighted by Crippen LogP contribution is 2.43. The Morgan fingerprint density at radius 3 is 2.33 bits per heavy atom. The molecule has 0 aromatic carbocycles. The summed E-state index contributed by atoms with van der Waals surface area (Å²) in [5.74, 6) is -0.419. The first-order valence-corrected chi connectivity index (χ1v) is 8.22. The molecule has 0 amide bonds. The van der Waals surface area contributed by atoms with E-state index in [1.54, 1.807) is 0 Å². The van der Waals surface area contributed by atoms with Gasteiger partial charge >= 0.3 is 0 Å². The molecule has 2 atom stereocenters. The largest absolute Gasteiger partial charge is 0.392 e. The molecule has 0 aliphatic heterocycles. The van der Waals surface area contributed by atoms with Gasteiger partial charge < -0.3 is 9.90 Å². The SMILES string of the molecule is CC1=C(/C=C/C(C)=C/C=C/C(C)=C/C=O)C(C)(C)CC(O)C1C=O. The van der Waals surface area contributed by atoms with E-state index in [4.69, 9.17) is 0 Å². The maximum atomic E-state index is 11.3. The summed E-state index contributed by atoms with van der Waals surface area (Å²) in [4.78, 5) is 21.6. The summed E-state index contributed by atoms with van der Waals surface area (Å²) in [7, 11) is 0. The van der Waals surface area contributed by atoms with Crippen LogP contribution in [0.4, 0.5) is 0 Å². The van der Waals surface area contributed by atoms with Gasteiger partial charge in [0.1, 0.15) is 12.6 Å². The third-order valence-corrected chi connectivity index (χ3v) is 4.50. The van der Waals surface area contributed by atoms with Crippen LogP contribution in [-0.4, -0.2) is 23.8 Å². The summed E-state index contributed by atoms with van der Waals surface area (Å²) < 4.78 is 0. The first kappa shape index (κ1) is 20.0. The van der Waals surface area contributed by atoms with Crippen LogP contribution in [0, 0.1) is 11.3 Å². The van der Waals surface area contributed by atoms with Gasteiger partial charge in [0.15, 0.2) is 0 Å². The summed E-state index contributed by atoms with van der Waals surface area (Å²) >= 11 is 0. The van der Waals surface area contributed by atoms with Gasteiger partial charge in [-0.3, -0.25) is 4.79 Å². The van der Waals surface area contributed by atoms with Crippen molar-refractivity contribution in [2.45, 2.75) is 47.1 Å². The molecular weight excluding hydrogens is 300 g/mol. The molecule has 0 saturated heterocycles. The third-order valence-electron chi connectivity index (χ3n) is 4.50. The Bertz CT molecular complexity index is 627. The molecule has 1 aliphatic carbocycles. The Labute approximate surface area is 145 Å². The van der Waals surface area contributed by atoms with E-state index in [-0.39, 0.29) is 5.41 Å². The van der Waals surface area contributed by atoms with Crippen molar-refractivity contribution < 1.29 is 14.7 Å². The van der Waals surface area contributed by atoms with E-state index in [9.17, 15) is 14.7 Å². The molecule has 0 aromatic heterocycles. The average molecular weight is 328 g/mol. The molecule has 0 fully saturated rings. The molecule has 1 rings (SSSR count). The van der Waals surface area contributed by atoms with Gasteiger partial charge in [-0.1, -0.05) is 55.4 Å². The van der Waals surface area contributed by atoms with E-state index in [0.717, 1.165) is 34.9 Å². The quantitative estimate of drug-likeness (QED) is 0.453. The molecule has 0 heterocycles. The lowest BCUT2D eigenvalue weighted by Crippen LogP contribution is -2.36. The fourth-order valence-corrected chi connectivity index (χ4v) is 3.10. The number of aliphatic hydroxyl groups is 1. The van der Waals surface area contributed by atoms with Crippen molar-refractivity contribution in [3.63, 3.8) is 0 Å². The molecule has 1 aliphatic rings. The zero-order valence-electron chi connectivity index (χ0n) is 15.2. The average Bonchev–Trinajstić information content (AvgIpc) is 2.46. The normalized spacial score (nSPS) is 25.6. The zero-order valence-corrected chi connectivity index (χ0v) is 15.2. The molecule has 0 saturated carbocycles. The van der Waals surface area contributed by atoms with Crippen LogP contribution in [0.1, 0.15) is 41.0 Å². The van der Waals surface area contributed by atoms with Crippen molar-refractivity contribution >= 4 is 12.6 Å². The maximum Gasteiger partial charge on any atom is 0.143 e. The number of hydrogen-bond acceptors (Lipinski definition) is 3. The van der Waals surface area contributed by atoms with Gasteiger partial charge in [-0.15, -0.1) is 0 Å². The molecule has 3 nitrogen and oxygen atoms in total. The number of aliphatic hydroxyl groups excluding tert-OH is 1. The van der Waals surface area contributed by atoms with Crippen LogP contribution < -0.4 is 0 Å². The van der Waals surface area contributed by atoms with Crippen molar-refractivity contribution in [2.75, 3.05) is 0 Å². The lowest BCUT2D eigenvalue weighted by molar-refractivity contribution is -0.113. The molecule has 130 valence electrons. The van der Waals surface area contributed by atoms with Crippen LogP contribution >= 0.6 is 0 Å². The lowest BCUT2D eigenvalue weighted by Gasteiger charge is -2.38. The number of carbonyl (C=O) groups is 2. The Morgan fingerprint density at radius 1 is 1.12 bits per heavy atom. The van der Waals surface area contributed by atoms with Crippen molar-refractivity contribution in [3.8, 4) is 0 Å². The van der Waals surface area contributed by atoms with Crippen LogP contribution in [0.2, 0.25) is 0 Å². The predicted octanol–water partition coefficient (Wildman–Crippen LogP) is 4.11. The first-order valence-electron chi connectivity index (χ1n) is 8.22. The third kappa shape index (κ3) is 5.27. The Morgan fingerprint density at radius 2 is 1.75 bits per heavy atom. The molecule has 0 bridgehead atoms. The Kier molecular flexibility index (Phi) is 7.30. The fraction of sp³-hybridized carbons (Fsp3) is 0.429. The van der Waals surface area contributed by atoms with Crippen LogP contribution in [-0.2, 0) is 9.59 Å². The highest BCUT2D eigenvalue weighted by Gasteiger charge is 2.37. The standard InChI is InChI=1S/C21H28O3/c1-15(7-6-8-16(2)11-12-22)9-10-19-17(3)18(14-23)20(24)13-21(19,4)5/h6-12,14,18,20,24H,13H2,1-5H3/b8-6+,10-9+,15-7+,16-11+. The van der Waals surface area contributed by atoms with Gasteiger partial charge in [-0.2, -0.15) is 0 Å². The van der Waals surface area contributed by atoms with E-state index in [1.165, 1.54) is 6.08 Å². The second kappa shape index (κ2) is 8.74. The summed E-state index contributed by atoms with van der Waals surface area (Å²) in [6.07, 6.45) is 12.9. The number of hydrogen-bond donors (Lipinski definition) is 1. The van der Waals surface area contributed by atoms with E-state index in [1.807, 2.05) is 51.2 Å². The number of carbonyl (C=O) groups excluding carboxylic acids is 2. The minimum Gasteiger partial charge on any atom is -0.392 e. The molecule has 2 unspecified atom stereocenters. The van der Waals surface area contributed by atoms with Crippen molar-refractivity contribution in [1.82, 2.24) is 0 Å². The second-order valence-corrected chi connectivity index (χ2v) is 7.06. The summed E-state index contributed by atoms with van der Waals surface area (Å²) in [5.41, 5.74) is 3.85. The van der Waals surface area contributed by atoms with E-state index in [0.29, 0.717) is 6.42 Å². The molecule has 24 heavy (non-hydrogen) atoms. The van der Waals surface area contributed by atoms with Crippen molar-refractivity contribution in [2.24, 2.45) is 11.3 Å². The lowest BCUT2D eigenvalue weighted by atomic mass is 9.68. The van der Waals surface area contributed by atoms with Gasteiger partial charge in [-0.05, 0) is 49.8 Å². The van der Waals surface area contributed by atoms with E-state index < -0.39 is 12.0 Å². The fourth-order valence-electron chi connectivity index (χ4n) is 3.10. The summed E-state index contributed by atoms with van der Waals surface area (Å²) in [6, 6.07) is 0. The highest BCUT2D eigenvalue weighted by molar-refractivity contribution is 5.67. The smallest absolute Gasteiger partial charge is 0.143 e. The second-order valence-electron chi connectivity index (χ2n) is 7.06. The zero-order chi connectivity index (χ0) is 18.3. The minimum absolute atomic E-state index is 0.168. The van der Waals surface area contributed by atoms with Gasteiger partial charge in [0, 0.05) is 0 Å².